The van der Waals surface area contributed by atoms with Gasteiger partial charge in [0.05, 0.1) is 12.0 Å². The van der Waals surface area contributed by atoms with Crippen LogP contribution in [0.5, 0.6) is 11.5 Å². The first-order chi connectivity index (χ1) is 16.0. The molecule has 0 bridgehead atoms. The van der Waals surface area contributed by atoms with E-state index >= 15 is 0 Å². The maximum absolute atomic E-state index is 14.1. The Labute approximate surface area is 190 Å². The van der Waals surface area contributed by atoms with Gasteiger partial charge in [-0.05, 0) is 42.7 Å². The largest absolute Gasteiger partial charge is 0.497 e. The predicted molar refractivity (Wildman–Crippen MR) is 121 cm³/mol. The summed E-state index contributed by atoms with van der Waals surface area (Å²) in [6.07, 6.45) is 1.74. The van der Waals surface area contributed by atoms with Gasteiger partial charge in [0.2, 0.25) is 0 Å². The predicted octanol–water partition coefficient (Wildman–Crippen LogP) is 4.98. The topological polar surface area (TPSA) is 81.9 Å². The highest BCUT2D eigenvalue weighted by molar-refractivity contribution is 5.79. The number of carbonyl (C=O) groups excluding carboxylic acids is 1. The van der Waals surface area contributed by atoms with Crippen molar-refractivity contribution in [2.24, 2.45) is 0 Å². The number of benzene rings is 3. The molecule has 1 amide bonds. The fourth-order valence-corrected chi connectivity index (χ4v) is 3.59. The van der Waals surface area contributed by atoms with Gasteiger partial charge in [0.1, 0.15) is 17.3 Å². The number of rotatable bonds is 9. The van der Waals surface area contributed by atoms with Crippen molar-refractivity contribution in [3.63, 3.8) is 0 Å². The molecule has 4 rings (SSSR count). The van der Waals surface area contributed by atoms with Crippen molar-refractivity contribution in [2.45, 2.75) is 25.4 Å². The van der Waals surface area contributed by atoms with Crippen LogP contribution in [0.25, 0.3) is 11.1 Å². The van der Waals surface area contributed by atoms with E-state index in [1.807, 2.05) is 0 Å². The Bertz CT molecular complexity index is 1160. The third-order valence-corrected chi connectivity index (χ3v) is 5.53. The van der Waals surface area contributed by atoms with E-state index < -0.39 is 4.92 Å². The van der Waals surface area contributed by atoms with E-state index in [1.54, 1.807) is 54.5 Å². The number of amides is 1. The molecule has 1 fully saturated rings. The number of carbonyl (C=O) groups is 1. The first-order valence-corrected chi connectivity index (χ1v) is 10.5. The Morgan fingerprint density at radius 2 is 1.85 bits per heavy atom. The van der Waals surface area contributed by atoms with Crippen LogP contribution in [0.3, 0.4) is 0 Å². The van der Waals surface area contributed by atoms with Crippen LogP contribution in [0.1, 0.15) is 18.4 Å². The number of halogens is 1. The summed E-state index contributed by atoms with van der Waals surface area (Å²) in [6, 6.07) is 17.7. The number of nitrogens with zero attached hydrogens (tertiary/aromatic N) is 2. The molecular formula is C25H23FN2O5. The lowest BCUT2D eigenvalue weighted by Gasteiger charge is -2.23. The van der Waals surface area contributed by atoms with Crippen molar-refractivity contribution < 1.29 is 23.6 Å². The summed E-state index contributed by atoms with van der Waals surface area (Å²) < 4.78 is 25.1. The lowest BCUT2D eigenvalue weighted by atomic mass is 10.0. The van der Waals surface area contributed by atoms with Crippen molar-refractivity contribution in [1.82, 2.24) is 4.90 Å². The standard InChI is InChI=1S/C25H23FN2O5/c1-32-21-11-6-17(7-12-21)22-14-20(28(30)31)10-13-24(22)33-16-25(29)27(19-8-9-19)15-18-4-2-3-5-23(18)26/h2-7,10-14,19H,8-9,15-16H2,1H3. The van der Waals surface area contributed by atoms with Crippen LogP contribution in [0.4, 0.5) is 10.1 Å². The first kappa shape index (κ1) is 22.3. The molecule has 0 radical (unpaired) electrons. The van der Waals surface area contributed by atoms with E-state index in [9.17, 15) is 19.3 Å². The Morgan fingerprint density at radius 3 is 2.48 bits per heavy atom. The van der Waals surface area contributed by atoms with E-state index in [0.29, 0.717) is 28.2 Å². The smallest absolute Gasteiger partial charge is 0.270 e. The van der Waals surface area contributed by atoms with Crippen LogP contribution in [-0.4, -0.2) is 35.5 Å². The van der Waals surface area contributed by atoms with Gasteiger partial charge >= 0.3 is 0 Å². The van der Waals surface area contributed by atoms with Crippen molar-refractivity contribution in [3.8, 4) is 22.6 Å². The van der Waals surface area contributed by atoms with Crippen molar-refractivity contribution >= 4 is 11.6 Å². The molecule has 33 heavy (non-hydrogen) atoms. The van der Waals surface area contributed by atoms with Crippen molar-refractivity contribution in [1.29, 1.82) is 0 Å². The third kappa shape index (κ3) is 5.28. The number of nitro groups is 1. The van der Waals surface area contributed by atoms with Gasteiger partial charge in [-0.15, -0.1) is 0 Å². The van der Waals surface area contributed by atoms with E-state index in [1.165, 1.54) is 24.3 Å². The molecule has 170 valence electrons. The molecular weight excluding hydrogens is 427 g/mol. The number of hydrogen-bond donors (Lipinski definition) is 0. The molecule has 7 nitrogen and oxygen atoms in total. The summed E-state index contributed by atoms with van der Waals surface area (Å²) in [5, 5.41) is 11.3. The number of hydrogen-bond acceptors (Lipinski definition) is 5. The van der Waals surface area contributed by atoms with Gasteiger partial charge in [-0.3, -0.25) is 14.9 Å². The summed E-state index contributed by atoms with van der Waals surface area (Å²) in [6.45, 7) is -0.0863. The van der Waals surface area contributed by atoms with E-state index in [0.717, 1.165) is 12.8 Å². The van der Waals surface area contributed by atoms with Crippen molar-refractivity contribution in [2.75, 3.05) is 13.7 Å². The summed E-state index contributed by atoms with van der Waals surface area (Å²) in [5.74, 6) is 0.379. The van der Waals surface area contributed by atoms with Crippen LogP contribution in [0.15, 0.2) is 66.7 Å². The summed E-state index contributed by atoms with van der Waals surface area (Å²) in [5.41, 5.74) is 1.55. The van der Waals surface area contributed by atoms with Gasteiger partial charge in [-0.2, -0.15) is 0 Å². The first-order valence-electron chi connectivity index (χ1n) is 10.5. The summed E-state index contributed by atoms with van der Waals surface area (Å²) >= 11 is 0. The maximum atomic E-state index is 14.1. The van der Waals surface area contributed by atoms with Crippen LogP contribution in [0.2, 0.25) is 0 Å². The SMILES string of the molecule is COc1ccc(-c2cc([N+](=O)[O-])ccc2OCC(=O)N(Cc2ccccc2F)C2CC2)cc1. The Balaban J connectivity index is 1.54. The Morgan fingerprint density at radius 1 is 1.12 bits per heavy atom. The lowest BCUT2D eigenvalue weighted by Crippen LogP contribution is -2.36. The zero-order chi connectivity index (χ0) is 23.4. The second kappa shape index (κ2) is 9.68. The highest BCUT2D eigenvalue weighted by Crippen LogP contribution is 2.35. The molecule has 0 unspecified atom stereocenters. The minimum absolute atomic E-state index is 0.0682. The zero-order valence-electron chi connectivity index (χ0n) is 18.1. The van der Waals surface area contributed by atoms with E-state index in [4.69, 9.17) is 9.47 Å². The molecule has 8 heteroatoms. The molecule has 0 heterocycles. The van der Waals surface area contributed by atoms with Gasteiger partial charge in [0.25, 0.3) is 11.6 Å². The van der Waals surface area contributed by atoms with Gasteiger partial charge in [-0.25, -0.2) is 4.39 Å². The highest BCUT2D eigenvalue weighted by Gasteiger charge is 2.33. The summed E-state index contributed by atoms with van der Waals surface area (Å²) in [4.78, 5) is 25.4. The third-order valence-electron chi connectivity index (χ3n) is 5.53. The normalized spacial score (nSPS) is 12.8. The lowest BCUT2D eigenvalue weighted by molar-refractivity contribution is -0.384. The average Bonchev–Trinajstić information content (AvgIpc) is 3.67. The molecule has 1 aliphatic carbocycles. The van der Waals surface area contributed by atoms with Crippen molar-refractivity contribution in [3.05, 3.63) is 88.2 Å². The van der Waals surface area contributed by atoms with Gasteiger partial charge in [-0.1, -0.05) is 30.3 Å². The van der Waals surface area contributed by atoms with Crippen LogP contribution in [-0.2, 0) is 11.3 Å². The molecule has 3 aromatic carbocycles. The van der Waals surface area contributed by atoms with Crippen LogP contribution in [0, 0.1) is 15.9 Å². The van der Waals surface area contributed by atoms with E-state index in [-0.39, 0.29) is 36.6 Å². The molecule has 0 saturated heterocycles. The zero-order valence-corrected chi connectivity index (χ0v) is 18.1. The fourth-order valence-electron chi connectivity index (χ4n) is 3.59. The molecule has 1 aliphatic rings. The molecule has 3 aromatic rings. The molecule has 0 atom stereocenters. The number of ether oxygens (including phenoxy) is 2. The fraction of sp³-hybridized carbons (Fsp3) is 0.240. The van der Waals surface area contributed by atoms with E-state index in [2.05, 4.69) is 0 Å². The number of nitro benzene ring substituents is 1. The van der Waals surface area contributed by atoms with Crippen LogP contribution < -0.4 is 9.47 Å². The average molecular weight is 450 g/mol. The highest BCUT2D eigenvalue weighted by atomic mass is 19.1. The maximum Gasteiger partial charge on any atom is 0.270 e. The number of methoxy groups -OCH3 is 1. The summed E-state index contributed by atoms with van der Waals surface area (Å²) in [7, 11) is 1.55. The minimum Gasteiger partial charge on any atom is -0.497 e. The molecule has 0 aliphatic heterocycles. The number of non-ortho nitro benzene ring substituents is 1. The van der Waals surface area contributed by atoms with Crippen LogP contribution >= 0.6 is 0 Å². The second-order valence-corrected chi connectivity index (χ2v) is 7.80. The minimum atomic E-state index is -0.481. The molecule has 0 spiro atoms. The Kier molecular flexibility index (Phi) is 6.53. The molecule has 0 aromatic heterocycles. The van der Waals surface area contributed by atoms with Gasteiger partial charge < -0.3 is 14.4 Å². The van der Waals surface area contributed by atoms with Gasteiger partial charge in [0, 0.05) is 35.8 Å². The molecule has 0 N–H and O–H groups in total. The monoisotopic (exact) mass is 450 g/mol. The molecule has 1 saturated carbocycles. The quantitative estimate of drug-likeness (QED) is 0.339. The second-order valence-electron chi connectivity index (χ2n) is 7.80. The van der Waals surface area contributed by atoms with Gasteiger partial charge in [0.15, 0.2) is 6.61 Å². The Hall–Kier alpha value is -3.94.